The molecule has 2 aliphatic rings. The Balaban J connectivity index is 1.47. The minimum absolute atomic E-state index is 0.0173. The van der Waals surface area contributed by atoms with E-state index in [2.05, 4.69) is 111 Å². The first-order valence-electron chi connectivity index (χ1n) is 11.2. The Morgan fingerprint density at radius 1 is 0.531 bits per heavy atom. The van der Waals surface area contributed by atoms with E-state index in [-0.39, 0.29) is 5.41 Å². The Morgan fingerprint density at radius 3 is 2.19 bits per heavy atom. The first kappa shape index (κ1) is 18.3. The van der Waals surface area contributed by atoms with E-state index < -0.39 is 0 Å². The van der Waals surface area contributed by atoms with Gasteiger partial charge in [0.15, 0.2) is 0 Å². The predicted molar refractivity (Wildman–Crippen MR) is 137 cm³/mol. The van der Waals surface area contributed by atoms with Crippen molar-refractivity contribution in [2.45, 2.75) is 29.1 Å². The molecule has 0 unspecified atom stereocenters. The average Bonchev–Trinajstić information content (AvgIpc) is 3.06. The molecule has 7 rings (SSSR count). The molecular weight excluding hydrogens is 404 g/mol. The van der Waals surface area contributed by atoms with Crippen molar-refractivity contribution in [1.29, 1.82) is 0 Å². The van der Waals surface area contributed by atoms with Gasteiger partial charge in [0.05, 0.1) is 0 Å². The Hall–Kier alpha value is -3.29. The van der Waals surface area contributed by atoms with Crippen LogP contribution in [0.5, 0.6) is 0 Å². The lowest BCUT2D eigenvalue weighted by Crippen LogP contribution is -2.14. The molecule has 0 fully saturated rings. The van der Waals surface area contributed by atoms with Crippen LogP contribution in [-0.2, 0) is 5.41 Å². The Kier molecular flexibility index (Phi) is 3.64. The van der Waals surface area contributed by atoms with Crippen LogP contribution in [0.1, 0.15) is 25.0 Å². The van der Waals surface area contributed by atoms with Gasteiger partial charge in [0.2, 0.25) is 0 Å². The molecule has 0 nitrogen and oxygen atoms in total. The zero-order valence-electron chi connectivity index (χ0n) is 18.1. The van der Waals surface area contributed by atoms with Crippen molar-refractivity contribution in [2.75, 3.05) is 0 Å². The van der Waals surface area contributed by atoms with E-state index in [1.54, 1.807) is 0 Å². The summed E-state index contributed by atoms with van der Waals surface area (Å²) in [6.07, 6.45) is 0. The molecule has 0 atom stereocenters. The Morgan fingerprint density at radius 2 is 1.28 bits per heavy atom. The number of benzene rings is 5. The van der Waals surface area contributed by atoms with Crippen molar-refractivity contribution in [3.8, 4) is 33.4 Å². The monoisotopic (exact) mass is 426 g/mol. The highest BCUT2D eigenvalue weighted by Crippen LogP contribution is 2.51. The average molecular weight is 427 g/mol. The molecule has 5 aromatic carbocycles. The van der Waals surface area contributed by atoms with Gasteiger partial charge in [0.25, 0.3) is 0 Å². The highest BCUT2D eigenvalue weighted by Gasteiger charge is 2.35. The molecular formula is C31H22S. The topological polar surface area (TPSA) is 0 Å². The highest BCUT2D eigenvalue weighted by molar-refractivity contribution is 7.99. The quantitative estimate of drug-likeness (QED) is 0.253. The van der Waals surface area contributed by atoms with Crippen LogP contribution in [0.25, 0.3) is 44.2 Å². The zero-order chi connectivity index (χ0) is 21.4. The van der Waals surface area contributed by atoms with E-state index in [1.165, 1.54) is 65.1 Å². The lowest BCUT2D eigenvalue weighted by molar-refractivity contribution is 0.660. The largest absolute Gasteiger partial charge is 0.0888 e. The fraction of sp³-hybridized carbons (Fsp3) is 0.0968. The summed E-state index contributed by atoms with van der Waals surface area (Å²) in [6, 6.07) is 36.2. The Labute approximate surface area is 192 Å². The molecule has 0 saturated carbocycles. The molecule has 152 valence electrons. The third-order valence-electron chi connectivity index (χ3n) is 7.25. The molecule has 1 heteroatoms. The van der Waals surface area contributed by atoms with Gasteiger partial charge >= 0.3 is 0 Å². The second-order valence-electron chi connectivity index (χ2n) is 9.41. The van der Waals surface area contributed by atoms with E-state index in [4.69, 9.17) is 0 Å². The third-order valence-corrected chi connectivity index (χ3v) is 8.39. The molecule has 0 spiro atoms. The van der Waals surface area contributed by atoms with Crippen LogP contribution in [0.3, 0.4) is 0 Å². The van der Waals surface area contributed by atoms with Gasteiger partial charge in [-0.05, 0) is 80.2 Å². The van der Waals surface area contributed by atoms with Crippen LogP contribution in [0.15, 0.2) is 107 Å². The summed E-state index contributed by atoms with van der Waals surface area (Å²) in [5.74, 6) is 0. The molecule has 0 amide bonds. The summed E-state index contributed by atoms with van der Waals surface area (Å²) >= 11 is 1.89. The summed E-state index contributed by atoms with van der Waals surface area (Å²) in [4.78, 5) is 2.70. The maximum absolute atomic E-state index is 2.43. The standard InChI is InChI=1S/C31H22S/c1-31(2)26-11-5-3-9-22(26)23-15-14-19(18-27(23)31)21-16-20-8-7-13-29-30(20)25(17-21)24-10-4-6-12-28(24)32-29/h3-18H,1-2H3. The number of rotatable bonds is 1. The van der Waals surface area contributed by atoms with Gasteiger partial charge in [-0.3, -0.25) is 0 Å². The van der Waals surface area contributed by atoms with Crippen LogP contribution in [0, 0.1) is 0 Å². The van der Waals surface area contributed by atoms with E-state index in [1.807, 2.05) is 11.8 Å². The van der Waals surface area contributed by atoms with Crippen molar-refractivity contribution >= 4 is 22.5 Å². The molecule has 1 aliphatic heterocycles. The minimum Gasteiger partial charge on any atom is -0.0888 e. The van der Waals surface area contributed by atoms with Gasteiger partial charge < -0.3 is 0 Å². The van der Waals surface area contributed by atoms with Gasteiger partial charge in [-0.15, -0.1) is 0 Å². The predicted octanol–water partition coefficient (Wildman–Crippen LogP) is 8.94. The fourth-order valence-corrected chi connectivity index (χ4v) is 6.79. The smallest absolute Gasteiger partial charge is 0.0207 e. The second-order valence-corrected chi connectivity index (χ2v) is 10.5. The SMILES string of the molecule is CC1(C)c2ccccc2-c2ccc(-c3cc4c5c(cccc5c3)Sc3ccccc3-4)cc21. The van der Waals surface area contributed by atoms with Crippen LogP contribution < -0.4 is 0 Å². The first-order valence-corrected chi connectivity index (χ1v) is 12.0. The molecule has 1 aliphatic carbocycles. The van der Waals surface area contributed by atoms with Crippen LogP contribution in [0.2, 0.25) is 0 Å². The summed E-state index contributed by atoms with van der Waals surface area (Å²) in [7, 11) is 0. The molecule has 1 heterocycles. The summed E-state index contributed by atoms with van der Waals surface area (Å²) in [6.45, 7) is 4.71. The van der Waals surface area contributed by atoms with E-state index in [0.717, 1.165) is 0 Å². The van der Waals surface area contributed by atoms with Gasteiger partial charge in [0.1, 0.15) is 0 Å². The van der Waals surface area contributed by atoms with Gasteiger partial charge in [-0.2, -0.15) is 0 Å². The van der Waals surface area contributed by atoms with Crippen molar-refractivity contribution < 1.29 is 0 Å². The molecule has 0 radical (unpaired) electrons. The maximum Gasteiger partial charge on any atom is 0.0207 e. The molecule has 0 bridgehead atoms. The molecule has 0 aromatic heterocycles. The number of hydrogen-bond acceptors (Lipinski definition) is 1. The molecule has 0 saturated heterocycles. The lowest BCUT2D eigenvalue weighted by atomic mass is 9.81. The summed E-state index contributed by atoms with van der Waals surface area (Å²) in [5, 5.41) is 2.70. The van der Waals surface area contributed by atoms with Gasteiger partial charge in [0, 0.05) is 20.6 Å². The minimum atomic E-state index is 0.0173. The summed E-state index contributed by atoms with van der Waals surface area (Å²) < 4.78 is 0. The number of hydrogen-bond donors (Lipinski definition) is 0. The maximum atomic E-state index is 2.43. The van der Waals surface area contributed by atoms with Crippen molar-refractivity contribution in [3.05, 3.63) is 108 Å². The summed E-state index contributed by atoms with van der Waals surface area (Å²) in [5.41, 5.74) is 10.9. The number of fused-ring (bicyclic) bond motifs is 5. The van der Waals surface area contributed by atoms with E-state index >= 15 is 0 Å². The lowest BCUT2D eigenvalue weighted by Gasteiger charge is -2.23. The Bertz CT molecular complexity index is 1570. The second kappa shape index (κ2) is 6.37. The van der Waals surface area contributed by atoms with E-state index in [9.17, 15) is 0 Å². The fourth-order valence-electron chi connectivity index (χ4n) is 5.64. The first-order chi connectivity index (χ1) is 15.6. The van der Waals surface area contributed by atoms with Crippen LogP contribution in [-0.4, -0.2) is 0 Å². The molecule has 0 N–H and O–H groups in total. The van der Waals surface area contributed by atoms with Gasteiger partial charge in [-0.25, -0.2) is 0 Å². The van der Waals surface area contributed by atoms with Crippen molar-refractivity contribution in [1.82, 2.24) is 0 Å². The normalized spacial score (nSPS) is 14.7. The third kappa shape index (κ3) is 2.40. The highest BCUT2D eigenvalue weighted by atomic mass is 32.2. The van der Waals surface area contributed by atoms with Crippen LogP contribution >= 0.6 is 11.8 Å². The van der Waals surface area contributed by atoms with Crippen molar-refractivity contribution in [2.24, 2.45) is 0 Å². The molecule has 5 aromatic rings. The van der Waals surface area contributed by atoms with Gasteiger partial charge in [-0.1, -0.05) is 92.3 Å². The van der Waals surface area contributed by atoms with E-state index in [0.29, 0.717) is 0 Å². The zero-order valence-corrected chi connectivity index (χ0v) is 19.0. The molecule has 32 heavy (non-hydrogen) atoms. The van der Waals surface area contributed by atoms with Crippen molar-refractivity contribution in [3.63, 3.8) is 0 Å². The van der Waals surface area contributed by atoms with Crippen LogP contribution in [0.4, 0.5) is 0 Å².